The van der Waals surface area contributed by atoms with Crippen molar-refractivity contribution in [2.45, 2.75) is 59.7 Å². The van der Waals surface area contributed by atoms with Gasteiger partial charge >= 0.3 is 6.03 Å². The largest absolute Gasteiger partial charge is 0.484 e. The van der Waals surface area contributed by atoms with Crippen LogP contribution in [0.15, 0.2) is 24.3 Å². The normalized spacial score (nSPS) is 11.0. The van der Waals surface area contributed by atoms with E-state index < -0.39 is 0 Å². The molecule has 0 atom stereocenters. The predicted molar refractivity (Wildman–Crippen MR) is 101 cm³/mol. The summed E-state index contributed by atoms with van der Waals surface area (Å²) in [6.07, 6.45) is 0. The third-order valence-electron chi connectivity index (χ3n) is 3.70. The predicted octanol–water partition coefficient (Wildman–Crippen LogP) is 3.27. The van der Waals surface area contributed by atoms with Crippen molar-refractivity contribution in [2.24, 2.45) is 0 Å². The summed E-state index contributed by atoms with van der Waals surface area (Å²) in [6, 6.07) is 7.29. The quantitative estimate of drug-likeness (QED) is 0.822. The molecule has 6 nitrogen and oxygen atoms in total. The molecule has 0 bridgehead atoms. The maximum absolute atomic E-state index is 12.3. The molecule has 0 spiro atoms. The van der Waals surface area contributed by atoms with Gasteiger partial charge in [-0.25, -0.2) is 4.79 Å². The first-order valence-electron chi connectivity index (χ1n) is 8.71. The maximum atomic E-state index is 12.3. The van der Waals surface area contributed by atoms with Crippen molar-refractivity contribution in [1.29, 1.82) is 0 Å². The molecule has 0 saturated heterocycles. The summed E-state index contributed by atoms with van der Waals surface area (Å²) in [5.41, 5.74) is 0.753. The number of hydrogen-bond acceptors (Lipinski definition) is 3. The van der Waals surface area contributed by atoms with Crippen molar-refractivity contribution in [1.82, 2.24) is 10.2 Å². The summed E-state index contributed by atoms with van der Waals surface area (Å²) < 4.78 is 5.60. The first-order valence-corrected chi connectivity index (χ1v) is 8.71. The number of urea groups is 1. The lowest BCUT2D eigenvalue weighted by atomic mass is 10.2. The Morgan fingerprint density at radius 2 is 1.52 bits per heavy atom. The zero-order valence-electron chi connectivity index (χ0n) is 16.4. The number of anilines is 1. The third-order valence-corrected chi connectivity index (χ3v) is 3.70. The van der Waals surface area contributed by atoms with Crippen molar-refractivity contribution in [3.05, 3.63) is 24.3 Å². The van der Waals surface area contributed by atoms with Crippen LogP contribution in [0.5, 0.6) is 5.75 Å². The van der Waals surface area contributed by atoms with Crippen molar-refractivity contribution >= 4 is 17.6 Å². The fraction of sp³-hybridized carbons (Fsp3) is 0.579. The summed E-state index contributed by atoms with van der Waals surface area (Å²) >= 11 is 0. The molecule has 1 aromatic rings. The number of carbonyl (C=O) groups excluding carboxylic acids is 2. The van der Waals surface area contributed by atoms with Gasteiger partial charge in [-0.05, 0) is 65.8 Å². The standard InChI is InChI=1S/C19H31N3O3/c1-13(2)20-19(24)21(7)16-8-10-17(11-9-16)25-12-18(23)22(14(3)4)15(5)6/h8-11,13-15H,12H2,1-7H3,(H,20,24). The van der Waals surface area contributed by atoms with Gasteiger partial charge in [0.05, 0.1) is 0 Å². The lowest BCUT2D eigenvalue weighted by Gasteiger charge is -2.30. The Morgan fingerprint density at radius 3 is 1.96 bits per heavy atom. The van der Waals surface area contributed by atoms with Crippen LogP contribution >= 0.6 is 0 Å². The third kappa shape index (κ3) is 6.29. The van der Waals surface area contributed by atoms with E-state index in [2.05, 4.69) is 5.32 Å². The second-order valence-corrected chi connectivity index (χ2v) is 6.93. The molecule has 0 aliphatic heterocycles. The molecule has 6 heteroatoms. The molecule has 1 aromatic carbocycles. The van der Waals surface area contributed by atoms with Crippen molar-refractivity contribution in [2.75, 3.05) is 18.6 Å². The smallest absolute Gasteiger partial charge is 0.321 e. The van der Waals surface area contributed by atoms with Gasteiger partial charge in [0.2, 0.25) is 0 Å². The van der Waals surface area contributed by atoms with Crippen molar-refractivity contribution < 1.29 is 14.3 Å². The highest BCUT2D eigenvalue weighted by atomic mass is 16.5. The topological polar surface area (TPSA) is 61.9 Å². The average Bonchev–Trinajstić information content (AvgIpc) is 2.51. The Labute approximate surface area is 151 Å². The van der Waals surface area contributed by atoms with Crippen molar-refractivity contribution in [3.8, 4) is 5.75 Å². The monoisotopic (exact) mass is 349 g/mol. The number of benzene rings is 1. The molecule has 1 N–H and O–H groups in total. The molecular formula is C19H31N3O3. The van der Waals surface area contributed by atoms with Gasteiger partial charge in [-0.1, -0.05) is 0 Å². The van der Waals surface area contributed by atoms with Gasteiger partial charge in [0.1, 0.15) is 5.75 Å². The summed E-state index contributed by atoms with van der Waals surface area (Å²) in [5.74, 6) is 0.560. The minimum absolute atomic E-state index is 0.000614. The van der Waals surface area contributed by atoms with Crippen LogP contribution in [-0.2, 0) is 4.79 Å². The molecule has 3 amide bonds. The Bertz CT molecular complexity index is 560. The fourth-order valence-electron chi connectivity index (χ4n) is 2.62. The zero-order chi connectivity index (χ0) is 19.1. The lowest BCUT2D eigenvalue weighted by Crippen LogP contribution is -2.44. The van der Waals surface area contributed by atoms with E-state index in [1.54, 1.807) is 36.2 Å². The zero-order valence-corrected chi connectivity index (χ0v) is 16.4. The van der Waals surface area contributed by atoms with Crippen molar-refractivity contribution in [3.63, 3.8) is 0 Å². The van der Waals surface area contributed by atoms with Crippen LogP contribution < -0.4 is 15.0 Å². The molecule has 1 rings (SSSR count). The first kappa shape index (κ1) is 20.8. The van der Waals surface area contributed by atoms with E-state index in [1.807, 2.05) is 41.5 Å². The molecule has 0 heterocycles. The Morgan fingerprint density at radius 1 is 1.00 bits per heavy atom. The van der Waals surface area contributed by atoms with E-state index in [0.29, 0.717) is 5.75 Å². The molecule has 0 radical (unpaired) electrons. The highest BCUT2D eigenvalue weighted by Gasteiger charge is 2.20. The molecular weight excluding hydrogens is 318 g/mol. The summed E-state index contributed by atoms with van der Waals surface area (Å²) in [4.78, 5) is 27.6. The SMILES string of the molecule is CC(C)NC(=O)N(C)c1ccc(OCC(=O)N(C(C)C)C(C)C)cc1. The minimum atomic E-state index is -0.164. The maximum Gasteiger partial charge on any atom is 0.321 e. The number of amides is 3. The van der Waals surface area contributed by atoms with Crippen LogP contribution in [0.25, 0.3) is 0 Å². The van der Waals surface area contributed by atoms with E-state index in [4.69, 9.17) is 4.74 Å². The van der Waals surface area contributed by atoms with Crippen LogP contribution in [0.1, 0.15) is 41.5 Å². The number of nitrogens with zero attached hydrogens (tertiary/aromatic N) is 2. The van der Waals surface area contributed by atoms with Gasteiger partial charge in [-0.15, -0.1) is 0 Å². The van der Waals surface area contributed by atoms with Crippen LogP contribution in [0.2, 0.25) is 0 Å². The molecule has 0 aliphatic rings. The van der Waals surface area contributed by atoms with Crippen LogP contribution in [0, 0.1) is 0 Å². The Balaban J connectivity index is 2.65. The summed E-state index contributed by atoms with van der Waals surface area (Å²) in [6.45, 7) is 11.8. The lowest BCUT2D eigenvalue weighted by molar-refractivity contribution is -0.136. The Kier molecular flexibility index (Phi) is 7.74. The number of rotatable bonds is 7. The highest BCUT2D eigenvalue weighted by Crippen LogP contribution is 2.19. The molecule has 0 saturated carbocycles. The molecule has 140 valence electrons. The van der Waals surface area contributed by atoms with Crippen LogP contribution in [0.4, 0.5) is 10.5 Å². The average molecular weight is 349 g/mol. The Hall–Kier alpha value is -2.24. The summed E-state index contributed by atoms with van der Waals surface area (Å²) in [5, 5.41) is 2.83. The number of nitrogens with one attached hydrogen (secondary N) is 1. The van der Waals surface area contributed by atoms with Crippen LogP contribution in [0.3, 0.4) is 0 Å². The number of carbonyl (C=O) groups is 2. The van der Waals surface area contributed by atoms with Gasteiger partial charge in [0, 0.05) is 30.9 Å². The first-order chi connectivity index (χ1) is 11.6. The highest BCUT2D eigenvalue weighted by molar-refractivity contribution is 5.91. The molecule has 0 fully saturated rings. The van der Waals surface area contributed by atoms with E-state index in [0.717, 1.165) is 5.69 Å². The fourth-order valence-corrected chi connectivity index (χ4v) is 2.62. The summed E-state index contributed by atoms with van der Waals surface area (Å²) in [7, 11) is 1.71. The van der Waals surface area contributed by atoms with E-state index >= 15 is 0 Å². The van der Waals surface area contributed by atoms with Gasteiger partial charge < -0.3 is 15.0 Å². The van der Waals surface area contributed by atoms with E-state index in [1.165, 1.54) is 4.90 Å². The van der Waals surface area contributed by atoms with Gasteiger partial charge in [0.25, 0.3) is 5.91 Å². The second kappa shape index (κ2) is 9.30. The van der Waals surface area contributed by atoms with E-state index in [-0.39, 0.29) is 36.7 Å². The number of hydrogen-bond donors (Lipinski definition) is 1. The number of ether oxygens (including phenoxy) is 1. The molecule has 0 aromatic heterocycles. The molecule has 0 aliphatic carbocycles. The van der Waals surface area contributed by atoms with Gasteiger partial charge in [0.15, 0.2) is 6.61 Å². The molecule has 25 heavy (non-hydrogen) atoms. The molecule has 0 unspecified atom stereocenters. The van der Waals surface area contributed by atoms with E-state index in [9.17, 15) is 9.59 Å². The second-order valence-electron chi connectivity index (χ2n) is 6.93. The van der Waals surface area contributed by atoms with Gasteiger partial charge in [-0.2, -0.15) is 0 Å². The minimum Gasteiger partial charge on any atom is -0.484 e. The van der Waals surface area contributed by atoms with Crippen LogP contribution in [-0.4, -0.2) is 48.6 Å². The van der Waals surface area contributed by atoms with Gasteiger partial charge in [-0.3, -0.25) is 9.69 Å².